The smallest absolute Gasteiger partial charge is 0.317 e. The lowest BCUT2D eigenvalue weighted by atomic mass is 9.61. The van der Waals surface area contributed by atoms with Crippen molar-refractivity contribution in [1.82, 2.24) is 0 Å². The third kappa shape index (κ3) is 6.96. The summed E-state index contributed by atoms with van der Waals surface area (Å²) in [6, 6.07) is -1.17. The molecule has 0 amide bonds. The molecule has 0 aromatic carbocycles. The van der Waals surface area contributed by atoms with E-state index in [0.29, 0.717) is 19.3 Å². The zero-order valence-corrected chi connectivity index (χ0v) is 19.0. The van der Waals surface area contributed by atoms with Crippen molar-refractivity contribution in [3.05, 3.63) is 10.1 Å². The van der Waals surface area contributed by atoms with Gasteiger partial charge < -0.3 is 18.9 Å². The van der Waals surface area contributed by atoms with Crippen molar-refractivity contribution in [2.75, 3.05) is 27.4 Å². The highest BCUT2D eigenvalue weighted by molar-refractivity contribution is 6.01. The summed E-state index contributed by atoms with van der Waals surface area (Å²) in [6.07, 6.45) is 0.310. The molecule has 10 heteroatoms. The molecule has 0 aliphatic heterocycles. The van der Waals surface area contributed by atoms with Crippen molar-refractivity contribution in [1.29, 1.82) is 0 Å². The number of hydrogen-bond donors (Lipinski definition) is 0. The number of esters is 2. The van der Waals surface area contributed by atoms with Crippen molar-refractivity contribution >= 4 is 17.7 Å². The van der Waals surface area contributed by atoms with E-state index in [4.69, 9.17) is 18.9 Å². The van der Waals surface area contributed by atoms with Gasteiger partial charge in [0.1, 0.15) is 5.92 Å². The minimum Gasteiger partial charge on any atom is -0.466 e. The number of ether oxygens (including phenoxy) is 4. The highest BCUT2D eigenvalue weighted by Gasteiger charge is 2.58. The van der Waals surface area contributed by atoms with E-state index in [2.05, 4.69) is 0 Å². The average molecular weight is 446 g/mol. The van der Waals surface area contributed by atoms with E-state index in [1.165, 1.54) is 14.2 Å². The molecular formula is C21H35NO9. The normalized spacial score (nSPS) is 26.0. The summed E-state index contributed by atoms with van der Waals surface area (Å²) in [5.41, 5.74) is 0. The second-order valence-corrected chi connectivity index (χ2v) is 7.58. The van der Waals surface area contributed by atoms with E-state index in [0.717, 1.165) is 0 Å². The fourth-order valence-electron chi connectivity index (χ4n) is 4.62. The van der Waals surface area contributed by atoms with Crippen LogP contribution in [0.4, 0.5) is 0 Å². The van der Waals surface area contributed by atoms with Crippen LogP contribution in [0.5, 0.6) is 0 Å². The fourth-order valence-corrected chi connectivity index (χ4v) is 4.62. The van der Waals surface area contributed by atoms with Crippen molar-refractivity contribution in [3.8, 4) is 0 Å². The number of carbonyl (C=O) groups is 3. The van der Waals surface area contributed by atoms with Crippen LogP contribution in [0.1, 0.15) is 52.9 Å². The summed E-state index contributed by atoms with van der Waals surface area (Å²) >= 11 is 0. The molecule has 0 saturated heterocycles. The summed E-state index contributed by atoms with van der Waals surface area (Å²) < 4.78 is 20.4. The molecule has 0 aromatic heterocycles. The van der Waals surface area contributed by atoms with Gasteiger partial charge in [-0.2, -0.15) is 0 Å². The van der Waals surface area contributed by atoms with E-state index in [-0.39, 0.29) is 37.8 Å². The predicted octanol–water partition coefficient (Wildman–Crippen LogP) is 2.39. The van der Waals surface area contributed by atoms with Gasteiger partial charge in [-0.3, -0.25) is 24.5 Å². The Morgan fingerprint density at radius 3 is 2.16 bits per heavy atom. The van der Waals surface area contributed by atoms with Gasteiger partial charge >= 0.3 is 11.9 Å². The van der Waals surface area contributed by atoms with Gasteiger partial charge in [-0.25, -0.2) is 0 Å². The number of Topliss-reactive ketones (excluding diaryl/α,β-unsaturated/α-hetero) is 1. The molecule has 1 rings (SSSR count). The first kappa shape index (κ1) is 27.0. The standard InChI is InChI=1S/C21H35NO9/c1-6-13-14(10-9-11-16(23)30-7-2)19(22(26)27)15(12-17(28-4)29-5)18(20(13)24)21(25)31-8-3/h13-15,17-19H,6-12H2,1-5H3/t13-,14-,15-,18?,19-/m1/s1. The molecule has 0 bridgehead atoms. The SMILES string of the molecule is CCOC(=O)CCC[C@H]1[C@@H]([N+](=O)[O-])[C@H](CC(OC)OC)C(C(=O)OCC)C(=O)[C@@H]1CC. The van der Waals surface area contributed by atoms with Crippen LogP contribution in [0.2, 0.25) is 0 Å². The topological polar surface area (TPSA) is 131 Å². The third-order valence-corrected chi connectivity index (χ3v) is 5.93. The maximum Gasteiger partial charge on any atom is 0.317 e. The lowest BCUT2D eigenvalue weighted by molar-refractivity contribution is -0.548. The molecule has 0 heterocycles. The molecule has 178 valence electrons. The summed E-state index contributed by atoms with van der Waals surface area (Å²) in [5.74, 6) is -4.97. The van der Waals surface area contributed by atoms with E-state index in [9.17, 15) is 24.5 Å². The van der Waals surface area contributed by atoms with Crippen molar-refractivity contribution < 1.29 is 38.3 Å². The van der Waals surface area contributed by atoms with Crippen LogP contribution < -0.4 is 0 Å². The first-order valence-corrected chi connectivity index (χ1v) is 10.8. The number of ketones is 1. The zero-order valence-electron chi connectivity index (χ0n) is 19.0. The number of hydrogen-bond acceptors (Lipinski definition) is 9. The Bertz CT molecular complexity index is 620. The van der Waals surface area contributed by atoms with Crippen LogP contribution in [0.15, 0.2) is 0 Å². The number of nitrogens with zero attached hydrogens (tertiary/aromatic N) is 1. The molecule has 0 radical (unpaired) electrons. The second-order valence-electron chi connectivity index (χ2n) is 7.58. The van der Waals surface area contributed by atoms with Crippen LogP contribution >= 0.6 is 0 Å². The Labute approximate surface area is 183 Å². The van der Waals surface area contributed by atoms with Crippen LogP contribution in [0.3, 0.4) is 0 Å². The number of methoxy groups -OCH3 is 2. The lowest BCUT2D eigenvalue weighted by Gasteiger charge is -2.41. The zero-order chi connectivity index (χ0) is 23.6. The maximum atomic E-state index is 13.3. The molecule has 5 atom stereocenters. The van der Waals surface area contributed by atoms with Gasteiger partial charge in [0.05, 0.1) is 19.1 Å². The molecule has 31 heavy (non-hydrogen) atoms. The van der Waals surface area contributed by atoms with Gasteiger partial charge in [0.2, 0.25) is 6.04 Å². The Hall–Kier alpha value is -2.07. The predicted molar refractivity (Wildman–Crippen MR) is 110 cm³/mol. The Morgan fingerprint density at radius 1 is 1.06 bits per heavy atom. The maximum absolute atomic E-state index is 13.3. The molecule has 1 aliphatic carbocycles. The van der Waals surface area contributed by atoms with Gasteiger partial charge in [0.15, 0.2) is 12.1 Å². The quantitative estimate of drug-likeness (QED) is 0.138. The minimum atomic E-state index is -1.26. The molecule has 1 aliphatic rings. The van der Waals surface area contributed by atoms with E-state index < -0.39 is 46.9 Å². The van der Waals surface area contributed by atoms with E-state index in [1.807, 2.05) is 0 Å². The summed E-state index contributed by atoms with van der Waals surface area (Å²) in [4.78, 5) is 49.5. The summed E-state index contributed by atoms with van der Waals surface area (Å²) in [7, 11) is 2.79. The first-order valence-electron chi connectivity index (χ1n) is 10.8. The molecular weight excluding hydrogens is 410 g/mol. The molecule has 1 saturated carbocycles. The monoisotopic (exact) mass is 445 g/mol. The highest BCUT2D eigenvalue weighted by Crippen LogP contribution is 2.44. The van der Waals surface area contributed by atoms with Gasteiger partial charge in [-0.15, -0.1) is 0 Å². The van der Waals surface area contributed by atoms with Gasteiger partial charge in [0, 0.05) is 43.8 Å². The first-order chi connectivity index (χ1) is 14.8. The van der Waals surface area contributed by atoms with Gasteiger partial charge in [-0.1, -0.05) is 6.92 Å². The Kier molecular flexibility index (Phi) is 11.6. The fraction of sp³-hybridized carbons (Fsp3) is 0.857. The molecule has 1 fully saturated rings. The molecule has 0 N–H and O–H groups in total. The van der Waals surface area contributed by atoms with Crippen molar-refractivity contribution in [2.45, 2.75) is 65.2 Å². The van der Waals surface area contributed by atoms with E-state index in [1.54, 1.807) is 20.8 Å². The Balaban J connectivity index is 3.29. The number of rotatable bonds is 13. The second kappa shape index (κ2) is 13.4. The van der Waals surface area contributed by atoms with Gasteiger partial charge in [-0.05, 0) is 33.1 Å². The molecule has 1 unspecified atom stereocenters. The van der Waals surface area contributed by atoms with Crippen LogP contribution in [-0.4, -0.2) is 62.4 Å². The third-order valence-electron chi connectivity index (χ3n) is 5.93. The molecule has 10 nitrogen and oxygen atoms in total. The minimum absolute atomic E-state index is 0.00131. The van der Waals surface area contributed by atoms with E-state index >= 15 is 0 Å². The highest BCUT2D eigenvalue weighted by atomic mass is 16.7. The van der Waals surface area contributed by atoms with Crippen molar-refractivity contribution in [2.24, 2.45) is 23.7 Å². The van der Waals surface area contributed by atoms with Crippen molar-refractivity contribution in [3.63, 3.8) is 0 Å². The lowest BCUT2D eigenvalue weighted by Crippen LogP contribution is -2.56. The largest absolute Gasteiger partial charge is 0.466 e. The van der Waals surface area contributed by atoms with Crippen LogP contribution in [0, 0.1) is 33.8 Å². The summed E-state index contributed by atoms with van der Waals surface area (Å²) in [5, 5.41) is 12.2. The summed E-state index contributed by atoms with van der Waals surface area (Å²) in [6.45, 7) is 5.42. The molecule has 0 aromatic rings. The number of nitro groups is 1. The number of carbonyl (C=O) groups excluding carboxylic acids is 3. The van der Waals surface area contributed by atoms with Gasteiger partial charge in [0.25, 0.3) is 0 Å². The van der Waals surface area contributed by atoms with Crippen LogP contribution in [0.25, 0.3) is 0 Å². The molecule has 0 spiro atoms. The Morgan fingerprint density at radius 2 is 1.68 bits per heavy atom. The van der Waals surface area contributed by atoms with Crippen LogP contribution in [-0.2, 0) is 33.3 Å². The average Bonchev–Trinajstić information content (AvgIpc) is 2.72.